The lowest BCUT2D eigenvalue weighted by atomic mass is 9.96. The molecule has 1 fully saturated rings. The standard InChI is InChI=1S/C27H29N3O4/c1-2-33-22-12-14-23(15-13-22)34-25-11-7-6-10-24(25)29-26(31)20-16-18-30(19-17-20)27(32)28-21-8-4-3-5-9-21/h3-15,20H,2,16-19H2,1H3,(H,28,32)(H,29,31). The summed E-state index contributed by atoms with van der Waals surface area (Å²) >= 11 is 0. The summed E-state index contributed by atoms with van der Waals surface area (Å²) in [5, 5.41) is 5.91. The first-order chi connectivity index (χ1) is 16.6. The van der Waals surface area contributed by atoms with Crippen molar-refractivity contribution in [3.05, 3.63) is 78.9 Å². The van der Waals surface area contributed by atoms with Gasteiger partial charge in [-0.05, 0) is 68.3 Å². The first-order valence-corrected chi connectivity index (χ1v) is 11.5. The molecule has 1 aliphatic heterocycles. The van der Waals surface area contributed by atoms with Crippen LogP contribution in [0.3, 0.4) is 0 Å². The van der Waals surface area contributed by atoms with Crippen molar-refractivity contribution in [3.63, 3.8) is 0 Å². The molecule has 176 valence electrons. The zero-order valence-electron chi connectivity index (χ0n) is 19.2. The third-order valence-corrected chi connectivity index (χ3v) is 5.69. The third kappa shape index (κ3) is 6.07. The fourth-order valence-electron chi connectivity index (χ4n) is 3.86. The van der Waals surface area contributed by atoms with Gasteiger partial charge in [-0.3, -0.25) is 4.79 Å². The second kappa shape index (κ2) is 11.2. The van der Waals surface area contributed by atoms with Crippen LogP contribution in [0.25, 0.3) is 0 Å². The molecule has 0 aromatic heterocycles. The van der Waals surface area contributed by atoms with E-state index in [4.69, 9.17) is 9.47 Å². The molecule has 1 heterocycles. The third-order valence-electron chi connectivity index (χ3n) is 5.69. The molecule has 0 unspecified atom stereocenters. The zero-order chi connectivity index (χ0) is 23.8. The van der Waals surface area contributed by atoms with Crippen molar-refractivity contribution in [2.45, 2.75) is 19.8 Å². The van der Waals surface area contributed by atoms with Crippen molar-refractivity contribution in [1.29, 1.82) is 0 Å². The van der Waals surface area contributed by atoms with Gasteiger partial charge in [0.2, 0.25) is 5.91 Å². The van der Waals surface area contributed by atoms with Crippen LogP contribution in [-0.4, -0.2) is 36.5 Å². The van der Waals surface area contributed by atoms with Gasteiger partial charge in [-0.2, -0.15) is 0 Å². The Morgan fingerprint density at radius 3 is 2.21 bits per heavy atom. The van der Waals surface area contributed by atoms with E-state index in [0.29, 0.717) is 49.7 Å². The van der Waals surface area contributed by atoms with Gasteiger partial charge in [-0.25, -0.2) is 4.79 Å². The number of ether oxygens (including phenoxy) is 2. The number of hydrogen-bond acceptors (Lipinski definition) is 4. The molecule has 3 amide bonds. The second-order valence-corrected chi connectivity index (χ2v) is 8.05. The molecular weight excluding hydrogens is 430 g/mol. The summed E-state index contributed by atoms with van der Waals surface area (Å²) in [6, 6.07) is 24.0. The number of anilines is 2. The van der Waals surface area contributed by atoms with Crippen molar-refractivity contribution < 1.29 is 19.1 Å². The molecule has 3 aromatic carbocycles. The predicted octanol–water partition coefficient (Wildman–Crippen LogP) is 5.76. The van der Waals surface area contributed by atoms with Crippen LogP contribution in [0.4, 0.5) is 16.2 Å². The molecule has 7 heteroatoms. The maximum atomic E-state index is 13.0. The summed E-state index contributed by atoms with van der Waals surface area (Å²) in [4.78, 5) is 27.2. The van der Waals surface area contributed by atoms with E-state index in [0.717, 1.165) is 11.4 Å². The van der Waals surface area contributed by atoms with E-state index < -0.39 is 0 Å². The van der Waals surface area contributed by atoms with Crippen LogP contribution in [0, 0.1) is 5.92 Å². The summed E-state index contributed by atoms with van der Waals surface area (Å²) < 4.78 is 11.5. The Morgan fingerprint density at radius 1 is 0.853 bits per heavy atom. The van der Waals surface area contributed by atoms with E-state index in [9.17, 15) is 9.59 Å². The Hall–Kier alpha value is -4.00. The van der Waals surface area contributed by atoms with E-state index in [1.54, 1.807) is 4.90 Å². The number of carbonyl (C=O) groups is 2. The monoisotopic (exact) mass is 459 g/mol. The number of nitrogens with zero attached hydrogens (tertiary/aromatic N) is 1. The first kappa shape index (κ1) is 23.2. The normalized spacial score (nSPS) is 13.7. The molecule has 0 saturated carbocycles. The highest BCUT2D eigenvalue weighted by Crippen LogP contribution is 2.31. The fourth-order valence-corrected chi connectivity index (χ4v) is 3.86. The lowest BCUT2D eigenvalue weighted by Crippen LogP contribution is -2.43. The van der Waals surface area contributed by atoms with E-state index in [1.165, 1.54) is 0 Å². The van der Waals surface area contributed by atoms with Crippen molar-refractivity contribution in [1.82, 2.24) is 4.90 Å². The number of hydrogen-bond donors (Lipinski definition) is 2. The average molecular weight is 460 g/mol. The lowest BCUT2D eigenvalue weighted by molar-refractivity contribution is -0.121. The smallest absolute Gasteiger partial charge is 0.321 e. The van der Waals surface area contributed by atoms with Gasteiger partial charge in [-0.15, -0.1) is 0 Å². The quantitative estimate of drug-likeness (QED) is 0.471. The van der Waals surface area contributed by atoms with E-state index in [2.05, 4.69) is 10.6 Å². The molecule has 0 aliphatic carbocycles. The minimum atomic E-state index is -0.167. The van der Waals surface area contributed by atoms with E-state index in [-0.39, 0.29) is 17.9 Å². The topological polar surface area (TPSA) is 79.9 Å². The molecule has 3 aromatic rings. The molecule has 0 atom stereocenters. The summed E-state index contributed by atoms with van der Waals surface area (Å²) in [5.41, 5.74) is 1.38. The van der Waals surface area contributed by atoms with Crippen LogP contribution in [0.2, 0.25) is 0 Å². The van der Waals surface area contributed by atoms with Gasteiger partial charge in [0.1, 0.15) is 11.5 Å². The maximum absolute atomic E-state index is 13.0. The van der Waals surface area contributed by atoms with Gasteiger partial charge >= 0.3 is 6.03 Å². The molecule has 4 rings (SSSR count). The number of piperidine rings is 1. The highest BCUT2D eigenvalue weighted by Gasteiger charge is 2.28. The number of amides is 3. The molecule has 1 aliphatic rings. The van der Waals surface area contributed by atoms with Crippen molar-refractivity contribution in [2.75, 3.05) is 30.3 Å². The number of likely N-dealkylation sites (tertiary alicyclic amines) is 1. The van der Waals surface area contributed by atoms with Gasteiger partial charge in [0, 0.05) is 24.7 Å². The molecule has 2 N–H and O–H groups in total. The largest absolute Gasteiger partial charge is 0.494 e. The minimum absolute atomic E-state index is 0.0640. The Kier molecular flexibility index (Phi) is 7.65. The average Bonchev–Trinajstić information content (AvgIpc) is 2.87. The number of rotatable bonds is 7. The molecule has 7 nitrogen and oxygen atoms in total. The summed E-state index contributed by atoms with van der Waals surface area (Å²) in [6.45, 7) is 3.60. The lowest BCUT2D eigenvalue weighted by Gasteiger charge is -2.31. The van der Waals surface area contributed by atoms with Gasteiger partial charge in [0.25, 0.3) is 0 Å². The predicted molar refractivity (Wildman–Crippen MR) is 133 cm³/mol. The number of carbonyl (C=O) groups excluding carboxylic acids is 2. The number of benzene rings is 3. The number of urea groups is 1. The SMILES string of the molecule is CCOc1ccc(Oc2ccccc2NC(=O)C2CCN(C(=O)Nc3ccccc3)CC2)cc1. The van der Waals surface area contributed by atoms with Crippen LogP contribution in [-0.2, 0) is 4.79 Å². The van der Waals surface area contributed by atoms with Crippen molar-refractivity contribution in [3.8, 4) is 17.2 Å². The summed E-state index contributed by atoms with van der Waals surface area (Å²) in [5.74, 6) is 1.77. The van der Waals surface area contributed by atoms with E-state index in [1.807, 2.05) is 85.8 Å². The van der Waals surface area contributed by atoms with Gasteiger partial charge < -0.3 is 25.0 Å². The Labute approximate surface area is 199 Å². The van der Waals surface area contributed by atoms with Crippen LogP contribution < -0.4 is 20.1 Å². The van der Waals surface area contributed by atoms with Gasteiger partial charge in [0.05, 0.1) is 12.3 Å². The molecule has 1 saturated heterocycles. The summed E-state index contributed by atoms with van der Waals surface area (Å²) in [6.07, 6.45) is 1.21. The van der Waals surface area contributed by atoms with E-state index >= 15 is 0 Å². The van der Waals surface area contributed by atoms with Crippen molar-refractivity contribution in [2.24, 2.45) is 5.92 Å². The first-order valence-electron chi connectivity index (χ1n) is 11.5. The van der Waals surface area contributed by atoms with Gasteiger partial charge in [-0.1, -0.05) is 30.3 Å². The highest BCUT2D eigenvalue weighted by molar-refractivity contribution is 5.94. The molecule has 34 heavy (non-hydrogen) atoms. The second-order valence-electron chi connectivity index (χ2n) is 8.05. The molecule has 0 spiro atoms. The fraction of sp³-hybridized carbons (Fsp3) is 0.259. The minimum Gasteiger partial charge on any atom is -0.494 e. The molecular formula is C27H29N3O4. The van der Waals surface area contributed by atoms with Crippen LogP contribution in [0.15, 0.2) is 78.9 Å². The maximum Gasteiger partial charge on any atom is 0.321 e. The Bertz CT molecular complexity index is 1090. The Morgan fingerprint density at radius 2 is 1.50 bits per heavy atom. The van der Waals surface area contributed by atoms with Crippen LogP contribution in [0.1, 0.15) is 19.8 Å². The Balaban J connectivity index is 1.31. The van der Waals surface area contributed by atoms with Gasteiger partial charge in [0.15, 0.2) is 5.75 Å². The summed E-state index contributed by atoms with van der Waals surface area (Å²) in [7, 11) is 0. The van der Waals surface area contributed by atoms with Crippen LogP contribution >= 0.6 is 0 Å². The molecule has 0 radical (unpaired) electrons. The zero-order valence-corrected chi connectivity index (χ0v) is 19.2. The molecule has 0 bridgehead atoms. The van der Waals surface area contributed by atoms with Crippen molar-refractivity contribution >= 4 is 23.3 Å². The highest BCUT2D eigenvalue weighted by atomic mass is 16.5. The van der Waals surface area contributed by atoms with Crippen LogP contribution in [0.5, 0.6) is 17.2 Å². The number of nitrogens with one attached hydrogen (secondary N) is 2. The number of para-hydroxylation sites is 3.